The van der Waals surface area contributed by atoms with Crippen molar-refractivity contribution in [2.75, 3.05) is 32.9 Å². The molecule has 1 fully saturated rings. The fraction of sp³-hybridized carbons (Fsp3) is 0.429. The van der Waals surface area contributed by atoms with Gasteiger partial charge in [-0.2, -0.15) is 0 Å². The Kier molecular flexibility index (Phi) is 7.11. The molecule has 1 aliphatic rings. The van der Waals surface area contributed by atoms with Crippen LogP contribution in [0.4, 0.5) is 10.8 Å². The zero-order valence-corrected chi connectivity index (χ0v) is 18.7. The van der Waals surface area contributed by atoms with Gasteiger partial charge in [-0.1, -0.05) is 23.5 Å². The Morgan fingerprint density at radius 3 is 2.39 bits per heavy atom. The molecule has 3 rings (SSSR count). The van der Waals surface area contributed by atoms with Gasteiger partial charge in [-0.05, 0) is 43.4 Å². The summed E-state index contributed by atoms with van der Waals surface area (Å²) in [4.78, 5) is 37.7. The third kappa shape index (κ3) is 5.72. The van der Waals surface area contributed by atoms with Crippen molar-refractivity contribution < 1.29 is 9.59 Å². The summed E-state index contributed by atoms with van der Waals surface area (Å²) in [5.74, 6) is 0.0692. The number of amides is 2. The van der Waals surface area contributed by atoms with Crippen LogP contribution >= 0.6 is 11.3 Å². The number of aliphatic imine (C=N–C) groups is 1. The summed E-state index contributed by atoms with van der Waals surface area (Å²) >= 11 is 1.23. The highest BCUT2D eigenvalue weighted by Gasteiger charge is 2.30. The quantitative estimate of drug-likeness (QED) is 0.454. The van der Waals surface area contributed by atoms with E-state index in [-0.39, 0.29) is 23.7 Å². The minimum absolute atomic E-state index is 0.0176. The van der Waals surface area contributed by atoms with E-state index in [2.05, 4.69) is 9.98 Å². The van der Waals surface area contributed by atoms with Crippen molar-refractivity contribution >= 4 is 39.9 Å². The van der Waals surface area contributed by atoms with Gasteiger partial charge in [-0.25, -0.2) is 9.98 Å². The molecule has 0 bridgehead atoms. The average Bonchev–Trinajstić information content (AvgIpc) is 3.12. The van der Waals surface area contributed by atoms with Crippen LogP contribution in [0, 0.1) is 5.92 Å². The van der Waals surface area contributed by atoms with Gasteiger partial charge in [0.05, 0.1) is 11.4 Å². The number of thiazole rings is 1. The van der Waals surface area contributed by atoms with Crippen LogP contribution in [-0.4, -0.2) is 59.7 Å². The van der Waals surface area contributed by atoms with E-state index in [0.717, 1.165) is 5.56 Å². The van der Waals surface area contributed by atoms with Crippen molar-refractivity contribution in [1.82, 2.24) is 14.8 Å². The Labute approximate surface area is 185 Å². The minimum atomic E-state index is -0.0527. The second kappa shape index (κ2) is 9.78. The van der Waals surface area contributed by atoms with Crippen molar-refractivity contribution in [3.8, 4) is 0 Å². The summed E-state index contributed by atoms with van der Waals surface area (Å²) in [5, 5.41) is 0.388. The zero-order valence-electron chi connectivity index (χ0n) is 17.9. The fourth-order valence-electron chi connectivity index (χ4n) is 3.69. The van der Waals surface area contributed by atoms with Crippen LogP contribution in [0.25, 0.3) is 0 Å². The summed E-state index contributed by atoms with van der Waals surface area (Å²) < 4.78 is 0. The number of hydrogen-bond donors (Lipinski definition) is 3. The molecular weight excluding hydrogens is 414 g/mol. The topological polar surface area (TPSA) is 144 Å². The Balaban J connectivity index is 1.63. The maximum Gasteiger partial charge on any atom is 0.265 e. The van der Waals surface area contributed by atoms with E-state index in [1.165, 1.54) is 11.3 Å². The van der Waals surface area contributed by atoms with Crippen LogP contribution < -0.4 is 17.2 Å². The van der Waals surface area contributed by atoms with Gasteiger partial charge in [0.25, 0.3) is 5.91 Å². The van der Waals surface area contributed by atoms with Crippen molar-refractivity contribution in [2.45, 2.75) is 25.7 Å². The molecule has 10 heteroatoms. The van der Waals surface area contributed by atoms with Crippen LogP contribution in [0.15, 0.2) is 29.3 Å². The van der Waals surface area contributed by atoms with Gasteiger partial charge >= 0.3 is 0 Å². The molecule has 0 atom stereocenters. The summed E-state index contributed by atoms with van der Waals surface area (Å²) in [6, 6.07) is 7.59. The molecule has 0 radical (unpaired) electrons. The number of piperidine rings is 1. The van der Waals surface area contributed by atoms with Crippen LogP contribution in [0.5, 0.6) is 0 Å². The van der Waals surface area contributed by atoms with Crippen molar-refractivity contribution in [1.29, 1.82) is 0 Å². The largest absolute Gasteiger partial charge is 0.375 e. The van der Waals surface area contributed by atoms with E-state index in [1.54, 1.807) is 23.9 Å². The van der Waals surface area contributed by atoms with Crippen molar-refractivity contribution in [2.24, 2.45) is 22.4 Å². The van der Waals surface area contributed by atoms with Crippen LogP contribution in [-0.2, 0) is 17.6 Å². The molecule has 0 aliphatic carbocycles. The first kappa shape index (κ1) is 22.5. The first-order valence-corrected chi connectivity index (χ1v) is 11.0. The van der Waals surface area contributed by atoms with Gasteiger partial charge in [-0.15, -0.1) is 0 Å². The van der Waals surface area contributed by atoms with Gasteiger partial charge in [-0.3, -0.25) is 9.59 Å². The SMILES string of the molecule is CN(C)C(=O)C1CCN(C(=O)c2sc(N)nc2CCc2ccc(N=C(N)N)cc2)CC1. The molecule has 166 valence electrons. The second-order valence-electron chi connectivity index (χ2n) is 7.83. The van der Waals surface area contributed by atoms with E-state index in [1.807, 2.05) is 24.3 Å². The fourth-order valence-corrected chi connectivity index (χ4v) is 4.54. The second-order valence-corrected chi connectivity index (χ2v) is 8.86. The van der Waals surface area contributed by atoms with E-state index in [0.29, 0.717) is 60.2 Å². The lowest BCUT2D eigenvalue weighted by Crippen LogP contribution is -2.42. The first-order valence-electron chi connectivity index (χ1n) is 10.2. The van der Waals surface area contributed by atoms with Gasteiger partial charge < -0.3 is 27.0 Å². The van der Waals surface area contributed by atoms with Gasteiger partial charge in [0.15, 0.2) is 11.1 Å². The highest BCUT2D eigenvalue weighted by molar-refractivity contribution is 7.17. The molecule has 9 nitrogen and oxygen atoms in total. The zero-order chi connectivity index (χ0) is 22.5. The lowest BCUT2D eigenvalue weighted by atomic mass is 9.95. The van der Waals surface area contributed by atoms with Crippen LogP contribution in [0.3, 0.4) is 0 Å². The maximum atomic E-state index is 13.1. The molecule has 0 saturated carbocycles. The molecule has 6 N–H and O–H groups in total. The molecule has 1 aliphatic heterocycles. The highest BCUT2D eigenvalue weighted by atomic mass is 32.1. The summed E-state index contributed by atoms with van der Waals surface area (Å²) in [6.45, 7) is 1.12. The number of carbonyl (C=O) groups is 2. The molecule has 2 heterocycles. The molecule has 31 heavy (non-hydrogen) atoms. The van der Waals surface area contributed by atoms with Crippen LogP contribution in [0.2, 0.25) is 0 Å². The van der Waals surface area contributed by atoms with E-state index in [9.17, 15) is 9.59 Å². The molecule has 0 spiro atoms. The van der Waals surface area contributed by atoms with Crippen molar-refractivity contribution in [3.05, 3.63) is 40.4 Å². The number of nitrogen functional groups attached to an aromatic ring is 1. The molecule has 1 aromatic heterocycles. The van der Waals surface area contributed by atoms with Gasteiger partial charge in [0.1, 0.15) is 4.88 Å². The van der Waals surface area contributed by atoms with Gasteiger partial charge in [0.2, 0.25) is 5.91 Å². The number of guanidine groups is 1. The average molecular weight is 444 g/mol. The molecule has 1 saturated heterocycles. The summed E-state index contributed by atoms with van der Waals surface area (Å²) in [7, 11) is 3.53. The number of carbonyl (C=O) groups excluding carboxylic acids is 2. The lowest BCUT2D eigenvalue weighted by Gasteiger charge is -2.32. The van der Waals surface area contributed by atoms with E-state index < -0.39 is 0 Å². The maximum absolute atomic E-state index is 13.1. The number of likely N-dealkylation sites (tertiary alicyclic amines) is 1. The third-order valence-electron chi connectivity index (χ3n) is 5.33. The first-order chi connectivity index (χ1) is 14.7. The molecule has 0 unspecified atom stereocenters. The number of hydrogen-bond acceptors (Lipinski definition) is 6. The van der Waals surface area contributed by atoms with E-state index >= 15 is 0 Å². The van der Waals surface area contributed by atoms with Crippen LogP contribution in [0.1, 0.15) is 33.8 Å². The molecular formula is C21H29N7O2S. The standard InChI is InChI=1S/C21H29N7O2S/c1-27(2)18(29)14-9-11-28(12-10-14)19(30)17-16(26-21(24)31-17)8-5-13-3-6-15(7-4-13)25-20(22)23/h3-4,6-7,14H,5,8-12H2,1-2H3,(H2,24,26)(H4,22,23,25). The minimum Gasteiger partial charge on any atom is -0.375 e. The Morgan fingerprint density at radius 1 is 1.16 bits per heavy atom. The predicted octanol–water partition coefficient (Wildman–Crippen LogP) is 1.36. The number of anilines is 1. The number of aromatic nitrogens is 1. The number of aryl methyl sites for hydroxylation is 2. The number of nitrogens with zero attached hydrogens (tertiary/aromatic N) is 4. The number of benzene rings is 1. The third-order valence-corrected chi connectivity index (χ3v) is 6.24. The van der Waals surface area contributed by atoms with E-state index in [4.69, 9.17) is 17.2 Å². The normalized spacial score (nSPS) is 14.3. The number of rotatable bonds is 6. The lowest BCUT2D eigenvalue weighted by molar-refractivity contribution is -0.134. The highest BCUT2D eigenvalue weighted by Crippen LogP contribution is 2.27. The number of nitrogens with two attached hydrogens (primary N) is 3. The Hall–Kier alpha value is -3.14. The van der Waals surface area contributed by atoms with Gasteiger partial charge in [0, 0.05) is 33.1 Å². The smallest absolute Gasteiger partial charge is 0.265 e. The Bertz CT molecular complexity index is 957. The Morgan fingerprint density at radius 2 is 1.81 bits per heavy atom. The summed E-state index contributed by atoms with van der Waals surface area (Å²) in [6.07, 6.45) is 2.67. The predicted molar refractivity (Wildman–Crippen MR) is 123 cm³/mol. The molecule has 2 amide bonds. The molecule has 1 aromatic carbocycles. The molecule has 2 aromatic rings. The summed E-state index contributed by atoms with van der Waals surface area (Å²) in [5.41, 5.74) is 19.2. The van der Waals surface area contributed by atoms with Crippen molar-refractivity contribution in [3.63, 3.8) is 0 Å². The monoisotopic (exact) mass is 443 g/mol.